The van der Waals surface area contributed by atoms with Gasteiger partial charge in [0.25, 0.3) is 0 Å². The number of ether oxygens (including phenoxy) is 1. The number of thiophene rings is 2. The molecule has 8 heterocycles. The summed E-state index contributed by atoms with van der Waals surface area (Å²) in [6.07, 6.45) is 12.7. The van der Waals surface area contributed by atoms with Crippen molar-refractivity contribution < 1.29 is 19.1 Å². The third-order valence-electron chi connectivity index (χ3n) is 14.5. The summed E-state index contributed by atoms with van der Waals surface area (Å²) in [5.74, 6) is 0.532. The Kier molecular flexibility index (Phi) is 18.9. The first-order chi connectivity index (χ1) is 37.2. The SMILES string of the molecule is CC[C@H](C)N(CCC(=O)Cc1sc2c(c1-c1nc3cnccc3s1)CCN(C(=O)OC(C)(C)C)C2)Cc1ccccc1.CC[C@H](C)N(CCC(=O)Cc1sc2c(c1-c1nc3cnccc3s1)CCNC2)Cc1ccccc1. The zero-order chi connectivity index (χ0) is 54.1. The second kappa shape index (κ2) is 25.9. The number of fused-ring (bicyclic) bond motifs is 4. The van der Waals surface area contributed by atoms with E-state index in [4.69, 9.17) is 14.7 Å². The number of pyridine rings is 2. The van der Waals surface area contributed by atoms with Gasteiger partial charge in [-0.05, 0) is 101 Å². The summed E-state index contributed by atoms with van der Waals surface area (Å²) in [6.45, 7) is 20.7. The Morgan fingerprint density at radius 3 is 1.65 bits per heavy atom. The van der Waals surface area contributed by atoms with E-state index in [-0.39, 0.29) is 11.9 Å². The Morgan fingerprint density at radius 1 is 0.675 bits per heavy atom. The van der Waals surface area contributed by atoms with E-state index in [9.17, 15) is 14.4 Å². The number of amides is 1. The molecule has 0 aliphatic carbocycles. The number of benzene rings is 2. The number of Topliss-reactive ketones (excluding diaryl/α,β-unsaturated/α-hetero) is 2. The van der Waals surface area contributed by atoms with Crippen molar-refractivity contribution in [2.24, 2.45) is 0 Å². The minimum absolute atomic E-state index is 0.225. The molecule has 2 aliphatic heterocycles. The molecule has 404 valence electrons. The molecule has 12 nitrogen and oxygen atoms in total. The lowest BCUT2D eigenvalue weighted by molar-refractivity contribution is -0.119. The van der Waals surface area contributed by atoms with Crippen molar-refractivity contribution in [3.63, 3.8) is 0 Å². The van der Waals surface area contributed by atoms with Crippen LogP contribution in [0.25, 0.3) is 41.6 Å². The van der Waals surface area contributed by atoms with Crippen LogP contribution in [0.15, 0.2) is 97.6 Å². The number of nitrogens with one attached hydrogen (secondary N) is 1. The summed E-state index contributed by atoms with van der Waals surface area (Å²) in [4.78, 5) is 69.3. The van der Waals surface area contributed by atoms with Crippen LogP contribution >= 0.6 is 45.3 Å². The van der Waals surface area contributed by atoms with E-state index in [1.54, 1.807) is 62.6 Å². The number of hydrogen-bond donors (Lipinski definition) is 1. The lowest BCUT2D eigenvalue weighted by Crippen LogP contribution is -2.39. The molecule has 0 unspecified atom stereocenters. The van der Waals surface area contributed by atoms with Crippen molar-refractivity contribution in [2.75, 3.05) is 26.2 Å². The molecule has 1 amide bonds. The van der Waals surface area contributed by atoms with Crippen LogP contribution in [0, 0.1) is 0 Å². The van der Waals surface area contributed by atoms with Crippen molar-refractivity contribution in [3.8, 4) is 21.1 Å². The maximum Gasteiger partial charge on any atom is 0.410 e. The number of rotatable bonds is 20. The normalized spacial score (nSPS) is 14.3. The van der Waals surface area contributed by atoms with Crippen LogP contribution in [-0.4, -0.2) is 96.2 Å². The Labute approximate surface area is 470 Å². The highest BCUT2D eigenvalue weighted by atomic mass is 32.1. The first-order valence-corrected chi connectivity index (χ1v) is 30.5. The third-order valence-corrected chi connectivity index (χ3v) is 19.1. The molecule has 0 fully saturated rings. The fourth-order valence-electron chi connectivity index (χ4n) is 9.99. The van der Waals surface area contributed by atoms with E-state index < -0.39 is 5.60 Å². The molecule has 0 spiro atoms. The number of nitrogens with zero attached hydrogens (tertiary/aromatic N) is 7. The van der Waals surface area contributed by atoms with E-state index in [2.05, 4.69) is 107 Å². The van der Waals surface area contributed by atoms with Crippen LogP contribution in [0.2, 0.25) is 0 Å². The molecule has 16 heteroatoms. The van der Waals surface area contributed by atoms with Gasteiger partial charge in [-0.2, -0.15) is 0 Å². The minimum atomic E-state index is -0.547. The van der Waals surface area contributed by atoms with E-state index in [0.717, 1.165) is 104 Å². The van der Waals surface area contributed by atoms with Gasteiger partial charge in [-0.25, -0.2) is 14.8 Å². The molecule has 2 atom stereocenters. The van der Waals surface area contributed by atoms with E-state index >= 15 is 0 Å². The summed E-state index contributed by atoms with van der Waals surface area (Å²) < 4.78 is 7.88. The maximum absolute atomic E-state index is 13.5. The lowest BCUT2D eigenvalue weighted by Gasteiger charge is -2.30. The highest BCUT2D eigenvalue weighted by molar-refractivity contribution is 7.22. The van der Waals surface area contributed by atoms with Crippen molar-refractivity contribution in [2.45, 2.75) is 144 Å². The van der Waals surface area contributed by atoms with Crippen molar-refractivity contribution >= 4 is 83.4 Å². The average molecular weight is 1110 g/mol. The molecule has 10 rings (SSSR count). The predicted octanol–water partition coefficient (Wildman–Crippen LogP) is 13.4. The van der Waals surface area contributed by atoms with Crippen LogP contribution < -0.4 is 5.32 Å². The summed E-state index contributed by atoms with van der Waals surface area (Å²) in [7, 11) is 0. The smallest absolute Gasteiger partial charge is 0.410 e. The van der Waals surface area contributed by atoms with Gasteiger partial charge in [-0.1, -0.05) is 74.5 Å². The molecular formula is C61H72N8O4S4. The Hall–Kier alpha value is -5.59. The quantitative estimate of drug-likeness (QED) is 0.0782. The van der Waals surface area contributed by atoms with Gasteiger partial charge in [0.1, 0.15) is 38.2 Å². The van der Waals surface area contributed by atoms with Gasteiger partial charge in [-0.3, -0.25) is 29.4 Å². The van der Waals surface area contributed by atoms with Crippen LogP contribution in [0.5, 0.6) is 0 Å². The molecule has 2 aliphatic rings. The zero-order valence-electron chi connectivity index (χ0n) is 45.6. The lowest BCUT2D eigenvalue weighted by atomic mass is 10.00. The average Bonchev–Trinajstić information content (AvgIpc) is 4.23. The number of hydrogen-bond acceptors (Lipinski definition) is 15. The molecule has 8 aromatic rings. The minimum Gasteiger partial charge on any atom is -0.444 e. The van der Waals surface area contributed by atoms with E-state index in [1.807, 2.05) is 51.4 Å². The van der Waals surface area contributed by atoms with Gasteiger partial charge in [0.15, 0.2) is 0 Å². The first kappa shape index (κ1) is 56.1. The largest absolute Gasteiger partial charge is 0.444 e. The van der Waals surface area contributed by atoms with Gasteiger partial charge < -0.3 is 15.0 Å². The molecule has 1 N–H and O–H groups in total. The van der Waals surface area contributed by atoms with Crippen molar-refractivity contribution in [1.29, 1.82) is 0 Å². The van der Waals surface area contributed by atoms with Crippen molar-refractivity contribution in [1.82, 2.24) is 40.0 Å². The van der Waals surface area contributed by atoms with E-state index in [1.165, 1.54) is 37.6 Å². The number of aromatic nitrogens is 4. The van der Waals surface area contributed by atoms with Crippen LogP contribution in [-0.2, 0) is 66.2 Å². The molecule has 2 aromatic carbocycles. The second-order valence-corrected chi connectivity index (χ2v) is 25.7. The molecule has 6 aromatic heterocycles. The highest BCUT2D eigenvalue weighted by Gasteiger charge is 2.32. The fourth-order valence-corrected chi connectivity index (χ4v) is 14.9. The summed E-state index contributed by atoms with van der Waals surface area (Å²) >= 11 is 6.80. The summed E-state index contributed by atoms with van der Waals surface area (Å²) in [5, 5.41) is 5.44. The fraction of sp³-hybridized carbons (Fsp3) is 0.426. The van der Waals surface area contributed by atoms with Gasteiger partial charge >= 0.3 is 6.09 Å². The molecular weight excluding hydrogens is 1040 g/mol. The number of thiazole rings is 2. The predicted molar refractivity (Wildman–Crippen MR) is 317 cm³/mol. The van der Waals surface area contributed by atoms with Gasteiger partial charge in [-0.15, -0.1) is 45.3 Å². The number of carbonyl (C=O) groups excluding carboxylic acids is 3. The summed E-state index contributed by atoms with van der Waals surface area (Å²) in [6, 6.07) is 25.9. The standard InChI is InChI=1S/C33H40N4O3S2.C28H32N4OS2/c1-6-22(2)36(20-23-10-8-7-9-11-23)16-13-24(38)18-28-30(31-35-26-19-34-15-12-27(26)42-31)25-14-17-37(21-29(25)41-28)32(39)40-33(3,4)5;1-3-19(2)32(18-20-7-5-4-6-8-20)14-11-21(33)15-25-27(22-9-12-30-17-26(22)34-25)28-31-23-16-29-13-10-24(23)35-28/h7-12,15,19,22H,6,13-14,16-18,20-21H2,1-5H3;4-8,10,13,16,19,30H,3,9,11-12,14-15,17-18H2,1-2H3/t22-;19-/m00/s1. The molecule has 0 saturated carbocycles. The molecule has 0 saturated heterocycles. The van der Waals surface area contributed by atoms with Gasteiger partial charge in [0.05, 0.1) is 28.3 Å². The van der Waals surface area contributed by atoms with Crippen LogP contribution in [0.4, 0.5) is 4.79 Å². The van der Waals surface area contributed by atoms with Crippen molar-refractivity contribution in [3.05, 3.63) is 139 Å². The van der Waals surface area contributed by atoms with Gasteiger partial charge in [0.2, 0.25) is 0 Å². The maximum atomic E-state index is 13.5. The second-order valence-electron chi connectivity index (χ2n) is 21.3. The Balaban J connectivity index is 0.000000191. The first-order valence-electron chi connectivity index (χ1n) is 27.2. The Bertz CT molecular complexity index is 3200. The Morgan fingerprint density at radius 2 is 1.17 bits per heavy atom. The van der Waals surface area contributed by atoms with E-state index in [0.29, 0.717) is 63.1 Å². The van der Waals surface area contributed by atoms with Crippen LogP contribution in [0.3, 0.4) is 0 Å². The number of carbonyl (C=O) groups is 3. The molecule has 77 heavy (non-hydrogen) atoms. The highest BCUT2D eigenvalue weighted by Crippen LogP contribution is 2.44. The molecule has 0 radical (unpaired) electrons. The monoisotopic (exact) mass is 1110 g/mol. The number of ketones is 2. The third kappa shape index (κ3) is 14.4. The summed E-state index contributed by atoms with van der Waals surface area (Å²) in [5.41, 5.74) is 8.70. The van der Waals surface area contributed by atoms with Crippen LogP contribution in [0.1, 0.15) is 116 Å². The topological polar surface area (TPSA) is 134 Å². The van der Waals surface area contributed by atoms with Gasteiger partial charge in [0, 0.05) is 120 Å². The molecule has 0 bridgehead atoms. The zero-order valence-corrected chi connectivity index (χ0v) is 48.9.